The molecule has 2 N–H and O–H groups in total. The molecule has 17 heavy (non-hydrogen) atoms. The molecule has 0 aromatic carbocycles. The number of aliphatic carboxylic acids is 1. The predicted octanol–water partition coefficient (Wildman–Crippen LogP) is 0.699. The second-order valence-electron chi connectivity index (χ2n) is 4.62. The highest BCUT2D eigenvalue weighted by Gasteiger charge is 2.24. The van der Waals surface area contributed by atoms with Crippen LogP contribution in [0.15, 0.2) is 0 Å². The Hall–Kier alpha value is -1.10. The summed E-state index contributed by atoms with van der Waals surface area (Å²) >= 11 is 0. The Labute approximate surface area is 102 Å². The van der Waals surface area contributed by atoms with Crippen molar-refractivity contribution in [1.29, 1.82) is 0 Å². The van der Waals surface area contributed by atoms with Crippen molar-refractivity contribution < 1.29 is 14.7 Å². The van der Waals surface area contributed by atoms with Crippen molar-refractivity contribution in [2.75, 3.05) is 26.2 Å². The number of nitrogens with one attached hydrogen (secondary N) is 1. The molecule has 1 unspecified atom stereocenters. The van der Waals surface area contributed by atoms with Crippen molar-refractivity contribution in [1.82, 2.24) is 10.2 Å². The first kappa shape index (κ1) is 14.0. The number of hydrogen-bond donors (Lipinski definition) is 2. The van der Waals surface area contributed by atoms with E-state index in [-0.39, 0.29) is 18.2 Å². The number of carboxylic acid groups (broad SMARTS) is 1. The van der Waals surface area contributed by atoms with Gasteiger partial charge in [-0.2, -0.15) is 0 Å². The minimum absolute atomic E-state index is 0.0912. The van der Waals surface area contributed by atoms with Gasteiger partial charge in [0.25, 0.3) is 0 Å². The SMILES string of the molecule is CCCNCC(=O)N1CCCC(CC(=O)O)C1. The first-order chi connectivity index (χ1) is 8.13. The van der Waals surface area contributed by atoms with E-state index in [1.807, 2.05) is 0 Å². The summed E-state index contributed by atoms with van der Waals surface area (Å²) in [4.78, 5) is 24.3. The largest absolute Gasteiger partial charge is 0.481 e. The summed E-state index contributed by atoms with van der Waals surface area (Å²) in [5, 5.41) is 11.8. The molecule has 0 aliphatic carbocycles. The number of carbonyl (C=O) groups is 2. The summed E-state index contributed by atoms with van der Waals surface area (Å²) in [5.41, 5.74) is 0. The first-order valence-corrected chi connectivity index (χ1v) is 6.33. The Bertz CT molecular complexity index is 268. The second-order valence-corrected chi connectivity index (χ2v) is 4.62. The van der Waals surface area contributed by atoms with E-state index < -0.39 is 5.97 Å². The highest BCUT2D eigenvalue weighted by Crippen LogP contribution is 2.19. The van der Waals surface area contributed by atoms with Crippen LogP contribution < -0.4 is 5.32 Å². The monoisotopic (exact) mass is 242 g/mol. The smallest absolute Gasteiger partial charge is 0.303 e. The molecule has 0 bridgehead atoms. The molecule has 1 saturated heterocycles. The summed E-state index contributed by atoms with van der Waals surface area (Å²) in [5.74, 6) is -0.557. The van der Waals surface area contributed by atoms with Gasteiger partial charge in [-0.15, -0.1) is 0 Å². The first-order valence-electron chi connectivity index (χ1n) is 6.33. The molecule has 1 rings (SSSR count). The number of carbonyl (C=O) groups excluding carboxylic acids is 1. The normalized spacial score (nSPS) is 20.3. The van der Waals surface area contributed by atoms with Gasteiger partial charge in [0, 0.05) is 19.5 Å². The van der Waals surface area contributed by atoms with Crippen LogP contribution in [0.25, 0.3) is 0 Å². The highest BCUT2D eigenvalue weighted by molar-refractivity contribution is 5.78. The van der Waals surface area contributed by atoms with E-state index >= 15 is 0 Å². The Morgan fingerprint density at radius 3 is 2.88 bits per heavy atom. The van der Waals surface area contributed by atoms with Gasteiger partial charge in [-0.1, -0.05) is 6.92 Å². The zero-order chi connectivity index (χ0) is 12.7. The van der Waals surface area contributed by atoms with Crippen LogP contribution in [-0.4, -0.2) is 48.1 Å². The highest BCUT2D eigenvalue weighted by atomic mass is 16.4. The lowest BCUT2D eigenvalue weighted by Gasteiger charge is -2.32. The summed E-state index contributed by atoms with van der Waals surface area (Å²) in [6.07, 6.45) is 3.01. The Morgan fingerprint density at radius 2 is 2.24 bits per heavy atom. The molecule has 98 valence electrons. The van der Waals surface area contributed by atoms with E-state index in [2.05, 4.69) is 12.2 Å². The minimum atomic E-state index is -0.770. The van der Waals surface area contributed by atoms with Crippen molar-refractivity contribution in [3.63, 3.8) is 0 Å². The summed E-state index contributed by atoms with van der Waals surface area (Å²) in [7, 11) is 0. The molecule has 1 heterocycles. The molecule has 0 aromatic rings. The van der Waals surface area contributed by atoms with Crippen molar-refractivity contribution in [3.8, 4) is 0 Å². The van der Waals surface area contributed by atoms with Crippen molar-refractivity contribution in [2.24, 2.45) is 5.92 Å². The summed E-state index contributed by atoms with van der Waals surface area (Å²) < 4.78 is 0. The number of amides is 1. The molecule has 0 saturated carbocycles. The molecule has 1 aliphatic rings. The fourth-order valence-electron chi connectivity index (χ4n) is 2.19. The Balaban J connectivity index is 2.32. The number of nitrogens with zero attached hydrogens (tertiary/aromatic N) is 1. The van der Waals surface area contributed by atoms with E-state index in [9.17, 15) is 9.59 Å². The van der Waals surface area contributed by atoms with Crippen molar-refractivity contribution in [2.45, 2.75) is 32.6 Å². The van der Waals surface area contributed by atoms with E-state index in [0.717, 1.165) is 32.4 Å². The molecule has 0 radical (unpaired) electrons. The summed E-state index contributed by atoms with van der Waals surface area (Å²) in [6.45, 7) is 4.63. The van der Waals surface area contributed by atoms with Crippen LogP contribution in [0, 0.1) is 5.92 Å². The lowest BCUT2D eigenvalue weighted by molar-refractivity contribution is -0.140. The number of hydrogen-bond acceptors (Lipinski definition) is 3. The van der Waals surface area contributed by atoms with Crippen LogP contribution in [0.5, 0.6) is 0 Å². The molecule has 0 spiro atoms. The second kappa shape index (κ2) is 7.27. The molecular formula is C12H22N2O3. The van der Waals surface area contributed by atoms with Gasteiger partial charge in [-0.3, -0.25) is 9.59 Å². The number of carboxylic acids is 1. The third kappa shape index (κ3) is 5.17. The van der Waals surface area contributed by atoms with Gasteiger partial charge in [0.2, 0.25) is 5.91 Å². The molecule has 1 atom stereocenters. The van der Waals surface area contributed by atoms with Gasteiger partial charge >= 0.3 is 5.97 Å². The van der Waals surface area contributed by atoms with E-state index in [1.54, 1.807) is 4.90 Å². The Kier molecular flexibility index (Phi) is 5.97. The maximum Gasteiger partial charge on any atom is 0.303 e. The zero-order valence-electron chi connectivity index (χ0n) is 10.4. The predicted molar refractivity (Wildman–Crippen MR) is 64.7 cm³/mol. The molecule has 1 aliphatic heterocycles. The molecule has 1 fully saturated rings. The Morgan fingerprint density at radius 1 is 1.47 bits per heavy atom. The fraction of sp³-hybridized carbons (Fsp3) is 0.833. The van der Waals surface area contributed by atoms with Crippen LogP contribution in [0.2, 0.25) is 0 Å². The van der Waals surface area contributed by atoms with Gasteiger partial charge in [-0.25, -0.2) is 0 Å². The fourth-order valence-corrected chi connectivity index (χ4v) is 2.19. The van der Waals surface area contributed by atoms with E-state index in [1.165, 1.54) is 0 Å². The third-order valence-electron chi connectivity index (χ3n) is 3.04. The van der Waals surface area contributed by atoms with Gasteiger partial charge in [-0.05, 0) is 31.7 Å². The quantitative estimate of drug-likeness (QED) is 0.673. The molecule has 1 amide bonds. The van der Waals surface area contributed by atoms with Gasteiger partial charge in [0.05, 0.1) is 6.54 Å². The molecular weight excluding hydrogens is 220 g/mol. The lowest BCUT2D eigenvalue weighted by atomic mass is 9.95. The van der Waals surface area contributed by atoms with Crippen molar-refractivity contribution >= 4 is 11.9 Å². The molecule has 5 heteroatoms. The van der Waals surface area contributed by atoms with Crippen molar-refractivity contribution in [3.05, 3.63) is 0 Å². The molecule has 0 aromatic heterocycles. The average Bonchev–Trinajstić information content (AvgIpc) is 2.28. The van der Waals surface area contributed by atoms with Crippen LogP contribution >= 0.6 is 0 Å². The minimum Gasteiger partial charge on any atom is -0.481 e. The maximum absolute atomic E-state index is 11.8. The molecule has 5 nitrogen and oxygen atoms in total. The van der Waals surface area contributed by atoms with E-state index in [0.29, 0.717) is 13.1 Å². The van der Waals surface area contributed by atoms with Gasteiger partial charge in [0.1, 0.15) is 0 Å². The van der Waals surface area contributed by atoms with Crippen LogP contribution in [-0.2, 0) is 9.59 Å². The van der Waals surface area contributed by atoms with Gasteiger partial charge in [0.15, 0.2) is 0 Å². The standard InChI is InChI=1S/C12H22N2O3/c1-2-5-13-8-11(15)14-6-3-4-10(9-14)7-12(16)17/h10,13H,2-9H2,1H3,(H,16,17). The maximum atomic E-state index is 11.8. The lowest BCUT2D eigenvalue weighted by Crippen LogP contribution is -2.44. The zero-order valence-corrected chi connectivity index (χ0v) is 10.4. The number of rotatable bonds is 6. The van der Waals surface area contributed by atoms with E-state index in [4.69, 9.17) is 5.11 Å². The van der Waals surface area contributed by atoms with Crippen LogP contribution in [0.4, 0.5) is 0 Å². The number of likely N-dealkylation sites (tertiary alicyclic amines) is 1. The van der Waals surface area contributed by atoms with Crippen LogP contribution in [0.1, 0.15) is 32.6 Å². The topological polar surface area (TPSA) is 69.6 Å². The average molecular weight is 242 g/mol. The van der Waals surface area contributed by atoms with Crippen LogP contribution in [0.3, 0.4) is 0 Å². The third-order valence-corrected chi connectivity index (χ3v) is 3.04. The number of piperidine rings is 1. The summed E-state index contributed by atoms with van der Waals surface area (Å²) in [6, 6.07) is 0. The van der Waals surface area contributed by atoms with Gasteiger partial charge < -0.3 is 15.3 Å².